The van der Waals surface area contributed by atoms with Crippen molar-refractivity contribution < 1.29 is 37.9 Å². The second kappa shape index (κ2) is 30.7. The fraction of sp³-hybridized carbons (Fsp3) is 0.600. The van der Waals surface area contributed by atoms with Crippen molar-refractivity contribution in [3.05, 3.63) is 93.0 Å². The maximum atomic E-state index is 7.01. The minimum absolute atomic E-state index is 0.561. The van der Waals surface area contributed by atoms with Gasteiger partial charge in [0.15, 0.2) is 0 Å². The molecule has 5 rings (SSSR count). The Kier molecular flexibility index (Phi) is 24.5. The zero-order valence-corrected chi connectivity index (χ0v) is 43.7. The normalized spacial score (nSPS) is 12.1. The Morgan fingerprint density at radius 3 is 0.809 bits per heavy atom. The zero-order chi connectivity index (χ0) is 48.4. The summed E-state index contributed by atoms with van der Waals surface area (Å²) in [6.07, 6.45) is 18.4. The fourth-order valence-corrected chi connectivity index (χ4v) is 8.30. The fourth-order valence-electron chi connectivity index (χ4n) is 8.30. The topological polar surface area (TPSA) is 73.8 Å². The van der Waals surface area contributed by atoms with Crippen molar-refractivity contribution in [3.63, 3.8) is 0 Å². The monoisotopic (exact) mass is 937 g/mol. The first kappa shape index (κ1) is 54.2. The molecular weight excluding hydrogens is 849 g/mol. The van der Waals surface area contributed by atoms with Gasteiger partial charge in [0.05, 0.1) is 52.9 Å². The number of hydrogen-bond acceptors (Lipinski definition) is 8. The Morgan fingerprint density at radius 1 is 0.265 bits per heavy atom. The first-order valence-corrected chi connectivity index (χ1v) is 27.1. The van der Waals surface area contributed by atoms with Gasteiger partial charge in [-0.1, -0.05) is 113 Å². The summed E-state index contributed by atoms with van der Waals surface area (Å²) in [5, 5.41) is 0. The molecule has 8 bridgehead atoms. The van der Waals surface area contributed by atoms with Crippen LogP contribution in [-0.4, -0.2) is 52.9 Å². The quantitative estimate of drug-likeness (QED) is 0.0395. The summed E-state index contributed by atoms with van der Waals surface area (Å²) in [6, 6.07) is 17.9. The van der Waals surface area contributed by atoms with E-state index in [9.17, 15) is 0 Å². The van der Waals surface area contributed by atoms with Gasteiger partial charge in [-0.25, -0.2) is 0 Å². The second-order valence-electron chi connectivity index (χ2n) is 18.6. The third kappa shape index (κ3) is 16.5. The lowest BCUT2D eigenvalue weighted by atomic mass is 9.91. The van der Waals surface area contributed by atoms with Crippen LogP contribution in [0.2, 0.25) is 0 Å². The van der Waals surface area contributed by atoms with Crippen LogP contribution in [0, 0.1) is 0 Å². The van der Waals surface area contributed by atoms with Crippen molar-refractivity contribution in [1.82, 2.24) is 0 Å². The molecule has 1 aliphatic rings. The van der Waals surface area contributed by atoms with Crippen LogP contribution in [0.3, 0.4) is 0 Å². The molecule has 8 heteroatoms. The maximum absolute atomic E-state index is 7.01. The molecule has 0 unspecified atom stereocenters. The highest BCUT2D eigenvalue weighted by Gasteiger charge is 2.25. The Balaban J connectivity index is 1.88. The molecule has 1 aliphatic carbocycles. The standard InChI is InChI=1S/C60H88O8/c1-9-17-27-61-53-26-25-45-35-46-36-47(55(63-29-19-11-3)42-54(46)62-28-18-10-2)37-48-38-49(57(65-31-21-13-5)43-56(48)64-30-20-12-4)39-50-40-51(41-52(53)60(45)68-34-24-16-8)59(67-33-23-15-7)44-58(50)66-32-22-14-6/h25-26,36,38,40,42-44H,9-24,27-35,37,39,41H2,1-8H3. The van der Waals surface area contributed by atoms with Gasteiger partial charge in [0.1, 0.15) is 46.0 Å². The lowest BCUT2D eigenvalue weighted by Gasteiger charge is -2.24. The third-order valence-electron chi connectivity index (χ3n) is 12.6. The minimum atomic E-state index is 0.561. The van der Waals surface area contributed by atoms with Crippen LogP contribution < -0.4 is 37.9 Å². The van der Waals surface area contributed by atoms with Crippen molar-refractivity contribution in [3.8, 4) is 46.0 Å². The smallest absolute Gasteiger partial charge is 0.130 e. The van der Waals surface area contributed by atoms with Gasteiger partial charge >= 0.3 is 0 Å². The molecule has 0 amide bonds. The molecule has 0 fully saturated rings. The van der Waals surface area contributed by atoms with Crippen LogP contribution in [0.25, 0.3) is 0 Å². The summed E-state index contributed by atoms with van der Waals surface area (Å²) in [5.41, 5.74) is 8.72. The van der Waals surface area contributed by atoms with E-state index in [0.717, 1.165) is 193 Å². The number of hydrogen-bond donors (Lipinski definition) is 0. The van der Waals surface area contributed by atoms with Crippen LogP contribution >= 0.6 is 0 Å². The van der Waals surface area contributed by atoms with Crippen molar-refractivity contribution in [2.75, 3.05) is 52.9 Å². The Bertz CT molecular complexity index is 1980. The van der Waals surface area contributed by atoms with E-state index in [1.807, 2.05) is 0 Å². The molecule has 0 radical (unpaired) electrons. The van der Waals surface area contributed by atoms with Crippen molar-refractivity contribution in [2.45, 2.75) is 184 Å². The van der Waals surface area contributed by atoms with Gasteiger partial charge in [-0.15, -0.1) is 0 Å². The van der Waals surface area contributed by atoms with Gasteiger partial charge < -0.3 is 37.9 Å². The maximum Gasteiger partial charge on any atom is 0.130 e. The number of benzene rings is 4. The number of ether oxygens (including phenoxy) is 8. The van der Waals surface area contributed by atoms with Crippen molar-refractivity contribution in [1.29, 1.82) is 0 Å². The van der Waals surface area contributed by atoms with E-state index in [4.69, 9.17) is 37.9 Å². The second-order valence-corrected chi connectivity index (χ2v) is 18.6. The molecule has 0 heterocycles. The van der Waals surface area contributed by atoms with E-state index in [1.165, 1.54) is 0 Å². The molecule has 8 nitrogen and oxygen atoms in total. The van der Waals surface area contributed by atoms with Gasteiger partial charge in [0.2, 0.25) is 0 Å². The lowest BCUT2D eigenvalue weighted by Crippen LogP contribution is -2.11. The van der Waals surface area contributed by atoms with Crippen LogP contribution in [-0.2, 0) is 25.7 Å². The Labute approximate surface area is 412 Å². The van der Waals surface area contributed by atoms with Gasteiger partial charge in [-0.2, -0.15) is 0 Å². The molecule has 0 spiro atoms. The molecule has 0 atom stereocenters. The predicted molar refractivity (Wildman–Crippen MR) is 280 cm³/mol. The third-order valence-corrected chi connectivity index (χ3v) is 12.6. The van der Waals surface area contributed by atoms with Gasteiger partial charge in [0, 0.05) is 49.4 Å². The van der Waals surface area contributed by atoms with Crippen molar-refractivity contribution in [2.24, 2.45) is 0 Å². The van der Waals surface area contributed by atoms with Gasteiger partial charge in [-0.3, -0.25) is 0 Å². The van der Waals surface area contributed by atoms with Gasteiger partial charge in [0.25, 0.3) is 0 Å². The molecule has 4 aromatic rings. The highest BCUT2D eigenvalue weighted by Crippen LogP contribution is 2.44. The largest absolute Gasteiger partial charge is 0.493 e. The molecule has 0 N–H and O–H groups in total. The Morgan fingerprint density at radius 2 is 0.515 bits per heavy atom. The molecule has 0 aromatic heterocycles. The molecule has 4 aromatic carbocycles. The highest BCUT2D eigenvalue weighted by atomic mass is 16.5. The minimum Gasteiger partial charge on any atom is -0.493 e. The summed E-state index contributed by atoms with van der Waals surface area (Å²) >= 11 is 0. The first-order valence-electron chi connectivity index (χ1n) is 27.1. The lowest BCUT2D eigenvalue weighted by molar-refractivity contribution is 0.284. The van der Waals surface area contributed by atoms with E-state index < -0.39 is 0 Å². The van der Waals surface area contributed by atoms with E-state index in [-0.39, 0.29) is 0 Å². The molecule has 0 aliphatic heterocycles. The first-order chi connectivity index (χ1) is 33.4. The van der Waals surface area contributed by atoms with Crippen LogP contribution in [0.5, 0.6) is 46.0 Å². The molecule has 0 saturated carbocycles. The summed E-state index contributed by atoms with van der Waals surface area (Å²) in [4.78, 5) is 0. The molecule has 376 valence electrons. The Hall–Kier alpha value is -4.72. The van der Waals surface area contributed by atoms with E-state index in [0.29, 0.717) is 78.5 Å². The van der Waals surface area contributed by atoms with Crippen LogP contribution in [0.15, 0.2) is 48.5 Å². The summed E-state index contributed by atoms with van der Waals surface area (Å²) in [7, 11) is 0. The van der Waals surface area contributed by atoms with E-state index in [2.05, 4.69) is 104 Å². The summed E-state index contributed by atoms with van der Waals surface area (Å²) in [5.74, 6) is 6.85. The van der Waals surface area contributed by atoms with E-state index >= 15 is 0 Å². The SMILES string of the molecule is CCCCOc1cc(OCCCC)c2cc1Cc1cc(c(OCCCC)cc1OCCCC)Cc1ccc(OCCCC)c(c1OCCCC)Cc1cc(c(OCCCC)cc1OCCCC)C2. The average molecular weight is 937 g/mol. The van der Waals surface area contributed by atoms with Crippen molar-refractivity contribution >= 4 is 0 Å². The van der Waals surface area contributed by atoms with Crippen LogP contribution in [0.4, 0.5) is 0 Å². The van der Waals surface area contributed by atoms with E-state index in [1.54, 1.807) is 0 Å². The molecule has 68 heavy (non-hydrogen) atoms. The zero-order valence-electron chi connectivity index (χ0n) is 43.7. The summed E-state index contributed by atoms with van der Waals surface area (Å²) in [6.45, 7) is 22.7. The highest BCUT2D eigenvalue weighted by molar-refractivity contribution is 5.60. The summed E-state index contributed by atoms with van der Waals surface area (Å²) < 4.78 is 54.2. The molecular formula is C60H88O8. The van der Waals surface area contributed by atoms with Gasteiger partial charge in [-0.05, 0) is 115 Å². The predicted octanol–water partition coefficient (Wildman–Crippen LogP) is 15.8. The number of rotatable bonds is 32. The van der Waals surface area contributed by atoms with Crippen LogP contribution in [0.1, 0.15) is 203 Å². The molecule has 0 saturated heterocycles. The average Bonchev–Trinajstić information content (AvgIpc) is 3.33. The number of unbranched alkanes of at least 4 members (excludes halogenated alkanes) is 8. The number of fused-ring (bicyclic) bond motifs is 8.